The Hall–Kier alpha value is -1.36. The van der Waals surface area contributed by atoms with Crippen LogP contribution < -0.4 is 0 Å². The van der Waals surface area contributed by atoms with E-state index in [2.05, 4.69) is 6.92 Å². The van der Waals surface area contributed by atoms with Gasteiger partial charge in [-0.1, -0.05) is 13.3 Å². The minimum absolute atomic E-state index is 0.102. The SMILES string of the molecule is CCCc1cc(C(=O)N(C2CC2)C(C)C(=O)O)sc1C. The number of carbonyl (C=O) groups excluding carboxylic acids is 1. The first-order valence-corrected chi connectivity index (χ1v) is 7.92. The van der Waals surface area contributed by atoms with Crippen molar-refractivity contribution in [2.75, 3.05) is 0 Å². The molecule has 1 unspecified atom stereocenters. The van der Waals surface area contributed by atoms with E-state index in [1.165, 1.54) is 16.9 Å². The first-order valence-electron chi connectivity index (χ1n) is 7.10. The van der Waals surface area contributed by atoms with Crippen LogP contribution in [0.4, 0.5) is 0 Å². The van der Waals surface area contributed by atoms with Gasteiger partial charge in [-0.25, -0.2) is 4.79 Å². The predicted octanol–water partition coefficient (Wildman–Crippen LogP) is 3.09. The van der Waals surface area contributed by atoms with Gasteiger partial charge >= 0.3 is 5.97 Å². The van der Waals surface area contributed by atoms with E-state index < -0.39 is 12.0 Å². The second-order valence-electron chi connectivity index (χ2n) is 5.40. The molecule has 0 spiro atoms. The summed E-state index contributed by atoms with van der Waals surface area (Å²) in [6.07, 6.45) is 3.83. The quantitative estimate of drug-likeness (QED) is 0.877. The number of hydrogen-bond donors (Lipinski definition) is 1. The number of aliphatic carboxylic acids is 1. The molecule has 1 heterocycles. The van der Waals surface area contributed by atoms with Crippen LogP contribution in [0.3, 0.4) is 0 Å². The molecule has 2 rings (SSSR count). The highest BCUT2D eigenvalue weighted by Crippen LogP contribution is 2.32. The molecule has 0 radical (unpaired) electrons. The van der Waals surface area contributed by atoms with Crippen molar-refractivity contribution in [1.82, 2.24) is 4.90 Å². The van der Waals surface area contributed by atoms with Crippen LogP contribution in [0.1, 0.15) is 53.2 Å². The fourth-order valence-electron chi connectivity index (χ4n) is 2.40. The molecular formula is C15H21NO3S. The Morgan fingerprint density at radius 1 is 1.50 bits per heavy atom. The van der Waals surface area contributed by atoms with Gasteiger partial charge in [-0.05, 0) is 44.7 Å². The third kappa shape index (κ3) is 3.03. The van der Waals surface area contributed by atoms with Crippen LogP contribution in [-0.4, -0.2) is 34.0 Å². The van der Waals surface area contributed by atoms with Crippen LogP contribution in [-0.2, 0) is 11.2 Å². The standard InChI is InChI=1S/C15H21NO3S/c1-4-5-11-8-13(20-10(11)3)14(17)16(12-6-7-12)9(2)15(18)19/h8-9,12H,4-7H2,1-3H3,(H,18,19). The third-order valence-corrected chi connectivity index (χ3v) is 4.78. The van der Waals surface area contributed by atoms with Crippen molar-refractivity contribution < 1.29 is 14.7 Å². The van der Waals surface area contributed by atoms with Gasteiger partial charge in [0.25, 0.3) is 5.91 Å². The van der Waals surface area contributed by atoms with Crippen LogP contribution in [0.15, 0.2) is 6.07 Å². The minimum atomic E-state index is -0.938. The van der Waals surface area contributed by atoms with E-state index in [9.17, 15) is 14.7 Å². The molecule has 5 heteroatoms. The summed E-state index contributed by atoms with van der Waals surface area (Å²) in [5.74, 6) is -1.06. The van der Waals surface area contributed by atoms with Gasteiger partial charge in [0.15, 0.2) is 0 Å². The summed E-state index contributed by atoms with van der Waals surface area (Å²) >= 11 is 1.48. The van der Waals surface area contributed by atoms with Crippen molar-refractivity contribution in [3.8, 4) is 0 Å². The Morgan fingerprint density at radius 2 is 2.15 bits per heavy atom. The van der Waals surface area contributed by atoms with Crippen molar-refractivity contribution in [2.24, 2.45) is 0 Å². The monoisotopic (exact) mass is 295 g/mol. The van der Waals surface area contributed by atoms with Crippen molar-refractivity contribution in [3.05, 3.63) is 21.4 Å². The van der Waals surface area contributed by atoms with Gasteiger partial charge in [-0.15, -0.1) is 11.3 Å². The number of thiophene rings is 1. The maximum Gasteiger partial charge on any atom is 0.326 e. The Kier molecular flexibility index (Phi) is 4.48. The number of amides is 1. The van der Waals surface area contributed by atoms with E-state index in [1.54, 1.807) is 11.8 Å². The first-order chi connectivity index (χ1) is 9.45. The van der Waals surface area contributed by atoms with Crippen molar-refractivity contribution in [2.45, 2.75) is 58.5 Å². The maximum atomic E-state index is 12.6. The Bertz CT molecular complexity index is 519. The van der Waals surface area contributed by atoms with E-state index in [0.29, 0.717) is 4.88 Å². The lowest BCUT2D eigenvalue weighted by molar-refractivity contribution is -0.141. The fourth-order valence-corrected chi connectivity index (χ4v) is 3.42. The Balaban J connectivity index is 2.23. The molecule has 110 valence electrons. The van der Waals surface area contributed by atoms with E-state index >= 15 is 0 Å². The number of carboxylic acids is 1. The summed E-state index contributed by atoms with van der Waals surface area (Å²) in [5.41, 5.74) is 1.21. The summed E-state index contributed by atoms with van der Waals surface area (Å²) in [5, 5.41) is 9.18. The number of carbonyl (C=O) groups is 2. The second-order valence-corrected chi connectivity index (χ2v) is 6.66. The van der Waals surface area contributed by atoms with Gasteiger partial charge in [0, 0.05) is 10.9 Å². The highest BCUT2D eigenvalue weighted by Gasteiger charge is 2.39. The molecule has 20 heavy (non-hydrogen) atoms. The van der Waals surface area contributed by atoms with Gasteiger partial charge in [-0.3, -0.25) is 4.79 Å². The molecule has 1 N–H and O–H groups in total. The van der Waals surface area contributed by atoms with E-state index in [-0.39, 0.29) is 11.9 Å². The molecule has 1 aliphatic rings. The highest BCUT2D eigenvalue weighted by molar-refractivity contribution is 7.14. The van der Waals surface area contributed by atoms with Crippen molar-refractivity contribution in [3.63, 3.8) is 0 Å². The van der Waals surface area contributed by atoms with Gasteiger partial charge in [-0.2, -0.15) is 0 Å². The smallest absolute Gasteiger partial charge is 0.326 e. The molecule has 0 bridgehead atoms. The van der Waals surface area contributed by atoms with Crippen molar-refractivity contribution >= 4 is 23.2 Å². The zero-order valence-corrected chi connectivity index (χ0v) is 13.0. The van der Waals surface area contributed by atoms with E-state index in [4.69, 9.17) is 0 Å². The van der Waals surface area contributed by atoms with Crippen LogP contribution in [0, 0.1) is 6.92 Å². The molecule has 0 saturated heterocycles. The number of carboxylic acid groups (broad SMARTS) is 1. The number of hydrogen-bond acceptors (Lipinski definition) is 3. The molecule has 1 aliphatic carbocycles. The maximum absolute atomic E-state index is 12.6. The average molecular weight is 295 g/mol. The first kappa shape index (κ1) is 15.0. The van der Waals surface area contributed by atoms with Crippen LogP contribution in [0.2, 0.25) is 0 Å². The molecule has 1 amide bonds. The molecule has 1 aromatic heterocycles. The van der Waals surface area contributed by atoms with Gasteiger partial charge in [0.05, 0.1) is 4.88 Å². The second kappa shape index (κ2) is 5.95. The molecule has 1 atom stereocenters. The van der Waals surface area contributed by atoms with Gasteiger partial charge < -0.3 is 10.0 Å². The van der Waals surface area contributed by atoms with Crippen molar-refractivity contribution in [1.29, 1.82) is 0 Å². The van der Waals surface area contributed by atoms with Gasteiger partial charge in [0.2, 0.25) is 0 Å². The Morgan fingerprint density at radius 3 is 2.65 bits per heavy atom. The topological polar surface area (TPSA) is 57.6 Å². The normalized spacial score (nSPS) is 15.9. The summed E-state index contributed by atoms with van der Waals surface area (Å²) < 4.78 is 0. The molecule has 1 fully saturated rings. The number of rotatable bonds is 6. The average Bonchev–Trinajstić information content (AvgIpc) is 3.15. The molecule has 4 nitrogen and oxygen atoms in total. The Labute approximate surface area is 123 Å². The lowest BCUT2D eigenvalue weighted by atomic mass is 10.1. The molecule has 1 aromatic rings. The van der Waals surface area contributed by atoms with E-state index in [1.807, 2.05) is 13.0 Å². The summed E-state index contributed by atoms with van der Waals surface area (Å²) in [6, 6.07) is 1.29. The third-order valence-electron chi connectivity index (χ3n) is 3.70. The molecule has 0 aromatic carbocycles. The largest absolute Gasteiger partial charge is 0.480 e. The zero-order valence-electron chi connectivity index (χ0n) is 12.2. The van der Waals surface area contributed by atoms with Crippen LogP contribution in [0.5, 0.6) is 0 Å². The predicted molar refractivity (Wildman–Crippen MR) is 79.3 cm³/mol. The van der Waals surface area contributed by atoms with Gasteiger partial charge in [0.1, 0.15) is 6.04 Å². The fraction of sp³-hybridized carbons (Fsp3) is 0.600. The lowest BCUT2D eigenvalue weighted by Crippen LogP contribution is -2.44. The number of nitrogens with zero attached hydrogens (tertiary/aromatic N) is 1. The number of aryl methyl sites for hydroxylation is 2. The zero-order chi connectivity index (χ0) is 14.9. The molecule has 1 saturated carbocycles. The van der Waals surface area contributed by atoms with Crippen LogP contribution in [0.25, 0.3) is 0 Å². The summed E-state index contributed by atoms with van der Waals surface area (Å²) in [7, 11) is 0. The van der Waals surface area contributed by atoms with E-state index in [0.717, 1.165) is 30.6 Å². The summed E-state index contributed by atoms with van der Waals surface area (Å²) in [6.45, 7) is 5.72. The van der Waals surface area contributed by atoms with Crippen LogP contribution >= 0.6 is 11.3 Å². The molecule has 0 aliphatic heterocycles. The molecular weight excluding hydrogens is 274 g/mol. The summed E-state index contributed by atoms with van der Waals surface area (Å²) in [4.78, 5) is 27.2. The minimum Gasteiger partial charge on any atom is -0.480 e. The highest BCUT2D eigenvalue weighted by atomic mass is 32.1. The lowest BCUT2D eigenvalue weighted by Gasteiger charge is -2.25.